The molecule has 0 spiro atoms. The van der Waals surface area contributed by atoms with Crippen molar-refractivity contribution in [3.8, 4) is 5.75 Å². The summed E-state index contributed by atoms with van der Waals surface area (Å²) < 4.78 is 23.8. The minimum atomic E-state index is -0.643. The molecule has 0 bridgehead atoms. The fourth-order valence-corrected chi connectivity index (χ4v) is 2.72. The van der Waals surface area contributed by atoms with Crippen molar-refractivity contribution in [2.75, 3.05) is 13.2 Å². The average molecular weight is 507 g/mol. The smallest absolute Gasteiger partial charge is 0.407 e. The molecule has 0 aliphatic heterocycles. The molecule has 9 nitrogen and oxygen atoms in total. The van der Waals surface area contributed by atoms with Gasteiger partial charge < -0.3 is 25.4 Å². The molecule has 1 heterocycles. The first kappa shape index (κ1) is 27.6. The van der Waals surface area contributed by atoms with E-state index < -0.39 is 29.3 Å². The Bertz CT molecular complexity index is 1090. The van der Waals surface area contributed by atoms with Crippen LogP contribution in [-0.2, 0) is 16.1 Å². The number of pyridine rings is 1. The average Bonchev–Trinajstić information content (AvgIpc) is 2.77. The van der Waals surface area contributed by atoms with Crippen LogP contribution in [0.25, 0.3) is 0 Å². The van der Waals surface area contributed by atoms with Gasteiger partial charge in [0, 0.05) is 37.5 Å². The van der Waals surface area contributed by atoms with Crippen LogP contribution in [0.5, 0.6) is 5.75 Å². The zero-order chi connectivity index (χ0) is 26.0. The number of nitrogens with one attached hydrogen (secondary N) is 3. The third-order valence-electron chi connectivity index (χ3n) is 4.19. The van der Waals surface area contributed by atoms with E-state index in [9.17, 15) is 18.8 Å². The molecule has 11 heteroatoms. The van der Waals surface area contributed by atoms with E-state index in [4.69, 9.17) is 21.1 Å². The minimum absolute atomic E-state index is 0.0400. The van der Waals surface area contributed by atoms with Gasteiger partial charge in [-0.1, -0.05) is 18.2 Å². The van der Waals surface area contributed by atoms with Gasteiger partial charge in [0.05, 0.1) is 5.02 Å². The van der Waals surface area contributed by atoms with Crippen LogP contribution in [0.3, 0.4) is 0 Å². The van der Waals surface area contributed by atoms with Crippen LogP contribution >= 0.6 is 11.6 Å². The Balaban J connectivity index is 1.72. The summed E-state index contributed by atoms with van der Waals surface area (Å²) in [5.41, 5.74) is 0.558. The molecule has 0 aliphatic rings. The Morgan fingerprint density at radius 1 is 1.14 bits per heavy atom. The van der Waals surface area contributed by atoms with Crippen molar-refractivity contribution >= 4 is 29.5 Å². The standard InChI is InChI=1S/C24H28ClFN4O5/c1-15(7-9-28-21(31)14-34-17-5-6-18(25)19(26)12-17)30-22(32)20-11-16(8-10-27-20)13-29-23(33)35-24(2,3)4/h5-6,8,10-12H,1,7,9,13-14H2,2-4H3,(H,28,31)(H,29,33)(H,30,32). The van der Waals surface area contributed by atoms with Crippen molar-refractivity contribution in [3.63, 3.8) is 0 Å². The Kier molecular flexibility index (Phi) is 10.0. The third kappa shape index (κ3) is 10.4. The van der Waals surface area contributed by atoms with Gasteiger partial charge in [-0.2, -0.15) is 0 Å². The molecule has 35 heavy (non-hydrogen) atoms. The number of rotatable bonds is 10. The summed E-state index contributed by atoms with van der Waals surface area (Å²) >= 11 is 5.60. The maximum Gasteiger partial charge on any atom is 0.407 e. The lowest BCUT2D eigenvalue weighted by molar-refractivity contribution is -0.123. The van der Waals surface area contributed by atoms with Crippen molar-refractivity contribution < 1.29 is 28.2 Å². The van der Waals surface area contributed by atoms with E-state index >= 15 is 0 Å². The highest BCUT2D eigenvalue weighted by molar-refractivity contribution is 6.30. The molecule has 1 aromatic carbocycles. The first-order valence-corrected chi connectivity index (χ1v) is 11.1. The van der Waals surface area contributed by atoms with E-state index in [1.807, 2.05) is 0 Å². The van der Waals surface area contributed by atoms with E-state index in [1.54, 1.807) is 32.9 Å². The molecule has 2 aromatic rings. The molecule has 188 valence electrons. The van der Waals surface area contributed by atoms with E-state index in [0.717, 1.165) is 6.07 Å². The second-order valence-corrected chi connectivity index (χ2v) is 8.83. The molecular formula is C24H28ClFN4O5. The number of benzene rings is 1. The van der Waals surface area contributed by atoms with Gasteiger partial charge in [0.15, 0.2) is 6.61 Å². The van der Waals surface area contributed by atoms with Gasteiger partial charge in [-0.05, 0) is 50.6 Å². The van der Waals surface area contributed by atoms with Crippen molar-refractivity contribution in [2.45, 2.75) is 39.3 Å². The van der Waals surface area contributed by atoms with Gasteiger partial charge in [0.25, 0.3) is 11.8 Å². The lowest BCUT2D eigenvalue weighted by Gasteiger charge is -2.19. The minimum Gasteiger partial charge on any atom is -0.484 e. The SMILES string of the molecule is C=C(CCNC(=O)COc1ccc(Cl)c(F)c1)NC(=O)c1cc(CNC(=O)OC(C)(C)C)ccn1. The van der Waals surface area contributed by atoms with Gasteiger partial charge in [0.2, 0.25) is 0 Å². The largest absolute Gasteiger partial charge is 0.484 e. The molecule has 0 aliphatic carbocycles. The van der Waals surface area contributed by atoms with Crippen molar-refractivity contribution in [2.24, 2.45) is 0 Å². The highest BCUT2D eigenvalue weighted by Gasteiger charge is 2.16. The number of halogens is 2. The van der Waals surface area contributed by atoms with Crippen LogP contribution < -0.4 is 20.7 Å². The molecule has 0 radical (unpaired) electrons. The number of nitrogens with zero attached hydrogens (tertiary/aromatic N) is 1. The van der Waals surface area contributed by atoms with E-state index in [0.29, 0.717) is 11.3 Å². The fourth-order valence-electron chi connectivity index (χ4n) is 2.60. The number of amides is 3. The first-order chi connectivity index (χ1) is 16.4. The van der Waals surface area contributed by atoms with Gasteiger partial charge in [-0.15, -0.1) is 0 Å². The predicted octanol–water partition coefficient (Wildman–Crippen LogP) is 3.73. The molecule has 0 saturated carbocycles. The summed E-state index contributed by atoms with van der Waals surface area (Å²) in [5, 5.41) is 7.80. The third-order valence-corrected chi connectivity index (χ3v) is 4.50. The zero-order valence-corrected chi connectivity index (χ0v) is 20.5. The highest BCUT2D eigenvalue weighted by atomic mass is 35.5. The summed E-state index contributed by atoms with van der Waals surface area (Å²) in [5.74, 6) is -1.37. The van der Waals surface area contributed by atoms with Crippen LogP contribution in [0.4, 0.5) is 9.18 Å². The number of aromatic nitrogens is 1. The predicted molar refractivity (Wildman–Crippen MR) is 128 cm³/mol. The maximum absolute atomic E-state index is 13.4. The van der Waals surface area contributed by atoms with Crippen molar-refractivity contribution in [1.82, 2.24) is 20.9 Å². The zero-order valence-electron chi connectivity index (χ0n) is 19.7. The number of carbonyl (C=O) groups is 3. The van der Waals surface area contributed by atoms with Crippen molar-refractivity contribution in [3.05, 3.63) is 70.9 Å². The molecule has 0 fully saturated rings. The molecule has 0 atom stereocenters. The molecule has 3 amide bonds. The Hall–Kier alpha value is -3.66. The fraction of sp³-hybridized carbons (Fsp3) is 0.333. The monoisotopic (exact) mass is 506 g/mol. The quantitative estimate of drug-likeness (QED) is 0.452. The number of alkyl carbamates (subject to hydrolysis) is 1. The summed E-state index contributed by atoms with van der Waals surface area (Å²) in [7, 11) is 0. The highest BCUT2D eigenvalue weighted by Crippen LogP contribution is 2.20. The molecule has 3 N–H and O–H groups in total. The number of hydrogen-bond acceptors (Lipinski definition) is 6. The summed E-state index contributed by atoms with van der Waals surface area (Å²) in [6.07, 6.45) is 1.16. The Morgan fingerprint density at radius 3 is 2.57 bits per heavy atom. The molecular weight excluding hydrogens is 479 g/mol. The summed E-state index contributed by atoms with van der Waals surface area (Å²) in [6, 6.07) is 7.08. The second-order valence-electron chi connectivity index (χ2n) is 8.43. The number of carbonyl (C=O) groups excluding carboxylic acids is 3. The van der Waals surface area contributed by atoms with Gasteiger partial charge >= 0.3 is 6.09 Å². The Morgan fingerprint density at radius 2 is 1.89 bits per heavy atom. The normalized spacial score (nSPS) is 10.8. The van der Waals surface area contributed by atoms with Gasteiger partial charge in [-0.25, -0.2) is 9.18 Å². The van der Waals surface area contributed by atoms with Gasteiger partial charge in [-0.3, -0.25) is 14.6 Å². The Labute approximate surface area is 208 Å². The van der Waals surface area contributed by atoms with Crippen LogP contribution in [0.15, 0.2) is 48.8 Å². The number of ether oxygens (including phenoxy) is 2. The lowest BCUT2D eigenvalue weighted by Crippen LogP contribution is -2.32. The first-order valence-electron chi connectivity index (χ1n) is 10.7. The van der Waals surface area contributed by atoms with E-state index in [2.05, 4.69) is 27.5 Å². The van der Waals surface area contributed by atoms with E-state index in [1.165, 1.54) is 18.3 Å². The maximum atomic E-state index is 13.4. The van der Waals surface area contributed by atoms with Crippen LogP contribution in [0.2, 0.25) is 5.02 Å². The number of hydrogen-bond donors (Lipinski definition) is 3. The van der Waals surface area contributed by atoms with Crippen LogP contribution in [0.1, 0.15) is 43.2 Å². The van der Waals surface area contributed by atoms with Crippen molar-refractivity contribution in [1.29, 1.82) is 0 Å². The molecule has 1 aromatic heterocycles. The topological polar surface area (TPSA) is 119 Å². The van der Waals surface area contributed by atoms with Gasteiger partial charge in [0.1, 0.15) is 22.9 Å². The molecule has 2 rings (SSSR count). The summed E-state index contributed by atoms with van der Waals surface area (Å²) in [6.45, 7) is 9.11. The summed E-state index contributed by atoms with van der Waals surface area (Å²) in [4.78, 5) is 40.2. The molecule has 0 unspecified atom stereocenters. The second kappa shape index (κ2) is 12.7. The molecule has 0 saturated heterocycles. The lowest BCUT2D eigenvalue weighted by atomic mass is 10.2. The van der Waals surface area contributed by atoms with Crippen LogP contribution in [-0.4, -0.2) is 41.6 Å². The van der Waals surface area contributed by atoms with Crippen LogP contribution in [0, 0.1) is 5.82 Å². The van der Waals surface area contributed by atoms with E-state index in [-0.39, 0.29) is 42.6 Å².